The molecule has 0 aliphatic rings. The van der Waals surface area contributed by atoms with Crippen molar-refractivity contribution < 1.29 is 9.26 Å². The minimum absolute atomic E-state index is 0.383. The Labute approximate surface area is 124 Å². The number of hydrogen-bond acceptors (Lipinski definition) is 4. The van der Waals surface area contributed by atoms with E-state index >= 15 is 0 Å². The quantitative estimate of drug-likeness (QED) is 0.882. The Morgan fingerprint density at radius 2 is 2.15 bits per heavy atom. The van der Waals surface area contributed by atoms with E-state index in [1.165, 1.54) is 0 Å². The van der Waals surface area contributed by atoms with Crippen molar-refractivity contribution in [2.45, 2.75) is 40.0 Å². The molecule has 4 nitrogen and oxygen atoms in total. The van der Waals surface area contributed by atoms with Gasteiger partial charge in [0.05, 0.1) is 0 Å². The summed E-state index contributed by atoms with van der Waals surface area (Å²) in [5.74, 6) is 1.59. The highest BCUT2D eigenvalue weighted by molar-refractivity contribution is 6.30. The van der Waals surface area contributed by atoms with Crippen LogP contribution < -0.4 is 10.1 Å². The second-order valence-electron chi connectivity index (χ2n) is 5.01. The van der Waals surface area contributed by atoms with Gasteiger partial charge in [-0.15, -0.1) is 0 Å². The summed E-state index contributed by atoms with van der Waals surface area (Å²) < 4.78 is 10.8. The standard InChI is InChI=1S/C15H19ClN2O2/c1-10(2)17-8-12-7-13(16)4-5-15(12)19-9-14-6-11(3)20-18-14/h4-7,10,17H,8-9H2,1-3H3. The summed E-state index contributed by atoms with van der Waals surface area (Å²) in [6, 6.07) is 7.89. The first kappa shape index (κ1) is 14.9. The van der Waals surface area contributed by atoms with Gasteiger partial charge < -0.3 is 14.6 Å². The zero-order chi connectivity index (χ0) is 14.5. The van der Waals surface area contributed by atoms with E-state index in [0.717, 1.165) is 22.8 Å². The molecule has 108 valence electrons. The number of aromatic nitrogens is 1. The highest BCUT2D eigenvalue weighted by atomic mass is 35.5. The first-order valence-electron chi connectivity index (χ1n) is 6.61. The molecule has 0 saturated carbocycles. The van der Waals surface area contributed by atoms with Crippen LogP contribution in [0.25, 0.3) is 0 Å². The van der Waals surface area contributed by atoms with E-state index in [-0.39, 0.29) is 0 Å². The summed E-state index contributed by atoms with van der Waals surface area (Å²) in [5.41, 5.74) is 1.81. The van der Waals surface area contributed by atoms with Crippen molar-refractivity contribution in [1.29, 1.82) is 0 Å². The van der Waals surface area contributed by atoms with Gasteiger partial charge >= 0.3 is 0 Å². The van der Waals surface area contributed by atoms with Crippen LogP contribution >= 0.6 is 11.6 Å². The Kier molecular flexibility index (Phi) is 5.04. The Bertz CT molecular complexity index is 567. The molecule has 2 aromatic rings. The van der Waals surface area contributed by atoms with Crippen LogP contribution in [0.2, 0.25) is 5.02 Å². The lowest BCUT2D eigenvalue weighted by atomic mass is 10.2. The number of aryl methyl sites for hydroxylation is 1. The van der Waals surface area contributed by atoms with Crippen molar-refractivity contribution in [3.05, 3.63) is 46.3 Å². The predicted octanol–water partition coefficient (Wildman–Crippen LogP) is 3.71. The topological polar surface area (TPSA) is 47.3 Å². The van der Waals surface area contributed by atoms with Crippen molar-refractivity contribution in [3.8, 4) is 5.75 Å². The number of halogens is 1. The molecule has 0 unspecified atom stereocenters. The first-order valence-corrected chi connectivity index (χ1v) is 6.99. The highest BCUT2D eigenvalue weighted by Gasteiger charge is 2.07. The molecule has 0 fully saturated rings. The number of nitrogens with zero attached hydrogens (tertiary/aromatic N) is 1. The molecule has 0 saturated heterocycles. The van der Waals surface area contributed by atoms with Crippen LogP contribution in [0.15, 0.2) is 28.8 Å². The van der Waals surface area contributed by atoms with Gasteiger partial charge in [-0.25, -0.2) is 0 Å². The average molecular weight is 295 g/mol. The molecular formula is C15H19ClN2O2. The molecular weight excluding hydrogens is 276 g/mol. The lowest BCUT2D eigenvalue weighted by molar-refractivity contribution is 0.284. The van der Waals surface area contributed by atoms with E-state index in [0.29, 0.717) is 24.2 Å². The highest BCUT2D eigenvalue weighted by Crippen LogP contribution is 2.24. The largest absolute Gasteiger partial charge is 0.487 e. The van der Waals surface area contributed by atoms with Crippen molar-refractivity contribution in [2.24, 2.45) is 0 Å². The van der Waals surface area contributed by atoms with Crippen molar-refractivity contribution in [2.75, 3.05) is 0 Å². The number of benzene rings is 1. The molecule has 0 bridgehead atoms. The van der Waals surface area contributed by atoms with Crippen molar-refractivity contribution in [3.63, 3.8) is 0 Å². The Hall–Kier alpha value is -1.52. The number of ether oxygens (including phenoxy) is 1. The molecule has 0 radical (unpaired) electrons. The molecule has 1 aromatic carbocycles. The summed E-state index contributed by atoms with van der Waals surface area (Å²) in [5, 5.41) is 7.97. The summed E-state index contributed by atoms with van der Waals surface area (Å²) in [6.45, 7) is 7.16. The second kappa shape index (κ2) is 6.77. The Balaban J connectivity index is 2.05. The van der Waals surface area contributed by atoms with Gasteiger partial charge in [-0.05, 0) is 25.1 Å². The van der Waals surface area contributed by atoms with Crippen LogP contribution in [0.5, 0.6) is 5.75 Å². The molecule has 0 atom stereocenters. The molecule has 20 heavy (non-hydrogen) atoms. The predicted molar refractivity (Wildman–Crippen MR) is 79.0 cm³/mol. The fraction of sp³-hybridized carbons (Fsp3) is 0.400. The lowest BCUT2D eigenvalue weighted by Crippen LogP contribution is -2.22. The van der Waals surface area contributed by atoms with Gasteiger partial charge in [0, 0.05) is 29.2 Å². The zero-order valence-corrected chi connectivity index (χ0v) is 12.7. The van der Waals surface area contributed by atoms with E-state index in [4.69, 9.17) is 20.9 Å². The van der Waals surface area contributed by atoms with E-state index in [9.17, 15) is 0 Å². The Morgan fingerprint density at radius 1 is 1.35 bits per heavy atom. The van der Waals surface area contributed by atoms with Crippen molar-refractivity contribution in [1.82, 2.24) is 10.5 Å². The fourth-order valence-electron chi connectivity index (χ4n) is 1.78. The molecule has 0 aliphatic carbocycles. The number of hydrogen-bond donors (Lipinski definition) is 1. The maximum absolute atomic E-state index is 6.04. The minimum Gasteiger partial charge on any atom is -0.487 e. The van der Waals surface area contributed by atoms with E-state index in [1.54, 1.807) is 0 Å². The van der Waals surface area contributed by atoms with Crippen LogP contribution in [-0.4, -0.2) is 11.2 Å². The Morgan fingerprint density at radius 3 is 2.80 bits per heavy atom. The molecule has 0 amide bonds. The maximum atomic E-state index is 6.04. The smallest absolute Gasteiger partial charge is 0.134 e. The molecule has 0 spiro atoms. The average Bonchev–Trinajstić information content (AvgIpc) is 2.81. The summed E-state index contributed by atoms with van der Waals surface area (Å²) >= 11 is 6.04. The molecule has 0 aliphatic heterocycles. The third kappa shape index (κ3) is 4.25. The normalized spacial score (nSPS) is 11.1. The van der Waals surface area contributed by atoms with Gasteiger partial charge in [0.2, 0.25) is 0 Å². The van der Waals surface area contributed by atoms with E-state index in [1.807, 2.05) is 31.2 Å². The molecule has 5 heteroatoms. The van der Waals surface area contributed by atoms with Gasteiger partial charge in [0.1, 0.15) is 23.8 Å². The summed E-state index contributed by atoms with van der Waals surface area (Å²) in [7, 11) is 0. The van der Waals surface area contributed by atoms with E-state index < -0.39 is 0 Å². The van der Waals surface area contributed by atoms with Crippen LogP contribution in [0.4, 0.5) is 0 Å². The van der Waals surface area contributed by atoms with Crippen LogP contribution in [0, 0.1) is 6.92 Å². The SMILES string of the molecule is Cc1cc(COc2ccc(Cl)cc2CNC(C)C)no1. The third-order valence-corrected chi connectivity index (χ3v) is 3.01. The van der Waals surface area contributed by atoms with Gasteiger partial charge in [-0.1, -0.05) is 30.6 Å². The summed E-state index contributed by atoms with van der Waals surface area (Å²) in [4.78, 5) is 0. The molecule has 2 rings (SSSR count). The zero-order valence-electron chi connectivity index (χ0n) is 11.9. The van der Waals surface area contributed by atoms with Gasteiger partial charge in [-0.3, -0.25) is 0 Å². The maximum Gasteiger partial charge on any atom is 0.134 e. The molecule has 1 N–H and O–H groups in total. The van der Waals surface area contributed by atoms with Gasteiger partial charge in [0.15, 0.2) is 0 Å². The second-order valence-corrected chi connectivity index (χ2v) is 5.44. The number of rotatable bonds is 6. The number of nitrogens with one attached hydrogen (secondary N) is 1. The monoisotopic (exact) mass is 294 g/mol. The first-order chi connectivity index (χ1) is 9.54. The fourth-order valence-corrected chi connectivity index (χ4v) is 1.97. The van der Waals surface area contributed by atoms with Crippen LogP contribution in [0.1, 0.15) is 30.9 Å². The van der Waals surface area contributed by atoms with Gasteiger partial charge in [0.25, 0.3) is 0 Å². The van der Waals surface area contributed by atoms with Gasteiger partial charge in [-0.2, -0.15) is 0 Å². The van der Waals surface area contributed by atoms with E-state index in [2.05, 4.69) is 24.3 Å². The molecule has 1 aromatic heterocycles. The lowest BCUT2D eigenvalue weighted by Gasteiger charge is -2.13. The summed E-state index contributed by atoms with van der Waals surface area (Å²) in [6.07, 6.45) is 0. The van der Waals surface area contributed by atoms with Crippen molar-refractivity contribution >= 4 is 11.6 Å². The minimum atomic E-state index is 0.383. The third-order valence-electron chi connectivity index (χ3n) is 2.78. The molecule has 1 heterocycles. The van der Waals surface area contributed by atoms with Crippen LogP contribution in [0.3, 0.4) is 0 Å². The van der Waals surface area contributed by atoms with Crippen LogP contribution in [-0.2, 0) is 13.2 Å².